The number of hydrogen-bond acceptors (Lipinski definition) is 4. The van der Waals surface area contributed by atoms with Crippen molar-refractivity contribution in [2.45, 2.75) is 51.9 Å². The maximum absolute atomic E-state index is 12.2. The van der Waals surface area contributed by atoms with Gasteiger partial charge in [0.25, 0.3) is 0 Å². The Hall–Kier alpha value is -1.59. The Morgan fingerprint density at radius 2 is 2.19 bits per heavy atom. The maximum Gasteiger partial charge on any atom is 0.226 e. The van der Waals surface area contributed by atoms with Crippen LogP contribution in [0.5, 0.6) is 5.75 Å². The quantitative estimate of drug-likeness (QED) is 0.893. The lowest BCUT2D eigenvalue weighted by atomic mass is 9.99. The minimum absolute atomic E-state index is 0.0417. The monoisotopic (exact) mass is 292 g/mol. The molecule has 2 rings (SSSR count). The van der Waals surface area contributed by atoms with Crippen LogP contribution >= 0.6 is 0 Å². The van der Waals surface area contributed by atoms with E-state index in [1.54, 1.807) is 30.0 Å². The normalized spacial score (nSPS) is 19.4. The van der Waals surface area contributed by atoms with Crippen LogP contribution in [0.4, 0.5) is 5.69 Å². The molecule has 3 N–H and O–H groups in total. The highest BCUT2D eigenvalue weighted by atomic mass is 16.5. The van der Waals surface area contributed by atoms with Gasteiger partial charge >= 0.3 is 0 Å². The third-order valence-electron chi connectivity index (χ3n) is 3.64. The van der Waals surface area contributed by atoms with Gasteiger partial charge in [-0.25, -0.2) is 0 Å². The summed E-state index contributed by atoms with van der Waals surface area (Å²) >= 11 is 0. The molecule has 0 radical (unpaired) electrons. The van der Waals surface area contributed by atoms with Crippen LogP contribution in [0.3, 0.4) is 0 Å². The highest BCUT2D eigenvalue weighted by molar-refractivity contribution is 5.95. The van der Waals surface area contributed by atoms with E-state index in [0.29, 0.717) is 30.0 Å². The minimum atomic E-state index is -0.760. The van der Waals surface area contributed by atoms with E-state index in [1.807, 2.05) is 20.8 Å². The minimum Gasteiger partial charge on any atom is -0.484 e. The topological polar surface area (TPSA) is 75.8 Å². The van der Waals surface area contributed by atoms with Crippen molar-refractivity contribution >= 4 is 11.6 Å². The predicted octanol–water partition coefficient (Wildman–Crippen LogP) is 1.98. The molecule has 1 aromatic carbocycles. The van der Waals surface area contributed by atoms with E-state index in [4.69, 9.17) is 10.5 Å². The zero-order valence-corrected chi connectivity index (χ0v) is 13.1. The first kappa shape index (κ1) is 15.8. The van der Waals surface area contributed by atoms with Crippen molar-refractivity contribution in [3.05, 3.63) is 23.8 Å². The van der Waals surface area contributed by atoms with E-state index in [1.165, 1.54) is 0 Å². The van der Waals surface area contributed by atoms with Gasteiger partial charge in [0, 0.05) is 12.5 Å². The third-order valence-corrected chi connectivity index (χ3v) is 3.64. The van der Waals surface area contributed by atoms with Crippen LogP contribution < -0.4 is 15.4 Å². The largest absolute Gasteiger partial charge is 0.484 e. The smallest absolute Gasteiger partial charge is 0.226 e. The number of ether oxygens (including phenoxy) is 1. The molecule has 1 heterocycles. The molecule has 0 saturated heterocycles. The van der Waals surface area contributed by atoms with Crippen molar-refractivity contribution in [1.29, 1.82) is 0 Å². The molecular weight excluding hydrogens is 268 g/mol. The van der Waals surface area contributed by atoms with Gasteiger partial charge in [0.1, 0.15) is 11.4 Å². The molecule has 1 amide bonds. The zero-order valence-electron chi connectivity index (χ0n) is 13.1. The Bertz CT molecular complexity index is 540. The van der Waals surface area contributed by atoms with E-state index < -0.39 is 11.7 Å². The highest BCUT2D eigenvalue weighted by Crippen LogP contribution is 2.39. The number of hydrogen-bond donors (Lipinski definition) is 2. The average molecular weight is 292 g/mol. The van der Waals surface area contributed by atoms with Crippen LogP contribution in [-0.2, 0) is 4.79 Å². The Morgan fingerprint density at radius 1 is 1.52 bits per heavy atom. The van der Waals surface area contributed by atoms with Gasteiger partial charge in [-0.05, 0) is 38.5 Å². The van der Waals surface area contributed by atoms with E-state index >= 15 is 0 Å². The van der Waals surface area contributed by atoms with E-state index in [2.05, 4.69) is 0 Å². The van der Waals surface area contributed by atoms with E-state index in [9.17, 15) is 9.90 Å². The summed E-state index contributed by atoms with van der Waals surface area (Å²) in [5, 5.41) is 10.1. The van der Waals surface area contributed by atoms with Crippen LogP contribution in [0.1, 0.15) is 45.8 Å². The molecule has 2 atom stereocenters. The Labute approximate surface area is 125 Å². The number of carbonyl (C=O) groups excluding carboxylic acids is 1. The first-order valence-corrected chi connectivity index (χ1v) is 7.32. The van der Waals surface area contributed by atoms with Crippen molar-refractivity contribution in [3.63, 3.8) is 0 Å². The fourth-order valence-electron chi connectivity index (χ4n) is 2.53. The second-order valence-corrected chi connectivity index (χ2v) is 6.23. The van der Waals surface area contributed by atoms with Crippen molar-refractivity contribution in [3.8, 4) is 5.75 Å². The number of aliphatic hydroxyl groups excluding tert-OH is 1. The number of carbonyl (C=O) groups is 1. The number of anilines is 1. The molecule has 0 aromatic heterocycles. The SMILES string of the molecule is CCC(=O)N1CC(C)(C)Oc2ccc(C(O)C(C)N)cc21. The van der Waals surface area contributed by atoms with Crippen molar-refractivity contribution < 1.29 is 14.6 Å². The molecule has 2 unspecified atom stereocenters. The van der Waals surface area contributed by atoms with Crippen LogP contribution in [-0.4, -0.2) is 29.2 Å². The number of nitrogens with two attached hydrogens (primary N) is 1. The second-order valence-electron chi connectivity index (χ2n) is 6.23. The first-order valence-electron chi connectivity index (χ1n) is 7.32. The summed E-state index contributed by atoms with van der Waals surface area (Å²) in [7, 11) is 0. The molecule has 1 aromatic rings. The van der Waals surface area contributed by atoms with Crippen LogP contribution in [0.2, 0.25) is 0 Å². The zero-order chi connectivity index (χ0) is 15.8. The molecule has 1 aliphatic rings. The lowest BCUT2D eigenvalue weighted by Gasteiger charge is -2.40. The van der Waals surface area contributed by atoms with Crippen molar-refractivity contribution in [1.82, 2.24) is 0 Å². The fourth-order valence-corrected chi connectivity index (χ4v) is 2.53. The summed E-state index contributed by atoms with van der Waals surface area (Å²) < 4.78 is 5.93. The predicted molar refractivity (Wildman–Crippen MR) is 82.4 cm³/mol. The van der Waals surface area contributed by atoms with Crippen LogP contribution in [0.25, 0.3) is 0 Å². The summed E-state index contributed by atoms with van der Waals surface area (Å²) in [5.74, 6) is 0.703. The summed E-state index contributed by atoms with van der Waals surface area (Å²) in [4.78, 5) is 13.9. The maximum atomic E-state index is 12.2. The molecule has 1 aliphatic heterocycles. The third kappa shape index (κ3) is 3.19. The summed E-state index contributed by atoms with van der Waals surface area (Å²) in [5.41, 5.74) is 6.72. The van der Waals surface area contributed by atoms with Gasteiger partial charge in [-0.3, -0.25) is 4.79 Å². The molecule has 116 valence electrons. The van der Waals surface area contributed by atoms with Gasteiger partial charge in [0.05, 0.1) is 18.3 Å². The number of aliphatic hydroxyl groups is 1. The van der Waals surface area contributed by atoms with Gasteiger partial charge < -0.3 is 20.5 Å². The Kier molecular flexibility index (Phi) is 4.25. The lowest BCUT2D eigenvalue weighted by molar-refractivity contribution is -0.119. The molecule has 5 nitrogen and oxygen atoms in total. The van der Waals surface area contributed by atoms with E-state index in [0.717, 1.165) is 0 Å². The molecule has 0 aliphatic carbocycles. The number of rotatable bonds is 3. The number of nitrogens with zero attached hydrogens (tertiary/aromatic N) is 1. The number of fused-ring (bicyclic) bond motifs is 1. The molecule has 0 saturated carbocycles. The Morgan fingerprint density at radius 3 is 2.76 bits per heavy atom. The van der Waals surface area contributed by atoms with Gasteiger partial charge in [-0.1, -0.05) is 13.0 Å². The molecular formula is C16H24N2O3. The van der Waals surface area contributed by atoms with Gasteiger partial charge in [-0.2, -0.15) is 0 Å². The molecule has 0 fully saturated rings. The fraction of sp³-hybridized carbons (Fsp3) is 0.562. The van der Waals surface area contributed by atoms with Crippen LogP contribution in [0.15, 0.2) is 18.2 Å². The summed E-state index contributed by atoms with van der Waals surface area (Å²) in [6, 6.07) is 5.02. The molecule has 0 spiro atoms. The first-order chi connectivity index (χ1) is 9.75. The summed E-state index contributed by atoms with van der Waals surface area (Å²) in [6.07, 6.45) is -0.334. The lowest BCUT2D eigenvalue weighted by Crippen LogP contribution is -2.49. The number of amides is 1. The number of benzene rings is 1. The molecule has 0 bridgehead atoms. The van der Waals surface area contributed by atoms with Gasteiger partial charge in [0.2, 0.25) is 5.91 Å². The van der Waals surface area contributed by atoms with Gasteiger partial charge in [-0.15, -0.1) is 0 Å². The molecule has 21 heavy (non-hydrogen) atoms. The Balaban J connectivity index is 2.46. The standard InChI is InChI=1S/C16H24N2O3/c1-5-14(19)18-9-16(3,4)21-13-7-6-11(8-12(13)18)15(20)10(2)17/h6-8,10,15,20H,5,9,17H2,1-4H3. The van der Waals surface area contributed by atoms with Crippen molar-refractivity contribution in [2.24, 2.45) is 5.73 Å². The second kappa shape index (κ2) is 5.66. The highest BCUT2D eigenvalue weighted by Gasteiger charge is 2.34. The average Bonchev–Trinajstić information content (AvgIpc) is 2.43. The van der Waals surface area contributed by atoms with E-state index in [-0.39, 0.29) is 11.9 Å². The van der Waals surface area contributed by atoms with Crippen LogP contribution in [0, 0.1) is 0 Å². The molecule has 5 heteroatoms. The van der Waals surface area contributed by atoms with Gasteiger partial charge in [0.15, 0.2) is 0 Å². The van der Waals surface area contributed by atoms with Crippen molar-refractivity contribution in [2.75, 3.05) is 11.4 Å². The summed E-state index contributed by atoms with van der Waals surface area (Å²) in [6.45, 7) is 7.99.